The van der Waals surface area contributed by atoms with Crippen molar-refractivity contribution in [2.75, 3.05) is 6.61 Å². The molecule has 9 heteroatoms. The van der Waals surface area contributed by atoms with Crippen molar-refractivity contribution in [1.29, 1.82) is 0 Å². The lowest BCUT2D eigenvalue weighted by molar-refractivity contribution is -0.137. The Balaban J connectivity index is 1.41. The summed E-state index contributed by atoms with van der Waals surface area (Å²) in [6.07, 6.45) is 7.83. The van der Waals surface area contributed by atoms with E-state index in [2.05, 4.69) is 5.16 Å². The summed E-state index contributed by atoms with van der Waals surface area (Å²) in [6.45, 7) is 2.81. The van der Waals surface area contributed by atoms with Crippen molar-refractivity contribution in [3.05, 3.63) is 70.9 Å². The highest BCUT2D eigenvalue weighted by atomic mass is 16.5. The monoisotopic (exact) mass is 449 g/mol. The molecule has 2 aliphatic rings. The molecule has 1 fully saturated rings. The van der Waals surface area contributed by atoms with Crippen LogP contribution in [0.4, 0.5) is 0 Å². The summed E-state index contributed by atoms with van der Waals surface area (Å²) in [7, 11) is 0. The Morgan fingerprint density at radius 3 is 2.73 bits per heavy atom. The van der Waals surface area contributed by atoms with Gasteiger partial charge in [-0.1, -0.05) is 5.16 Å². The number of hydrazone groups is 1. The number of amides is 1. The van der Waals surface area contributed by atoms with Crippen LogP contribution in [0.5, 0.6) is 0 Å². The third-order valence-corrected chi connectivity index (χ3v) is 6.02. The molecule has 33 heavy (non-hydrogen) atoms. The van der Waals surface area contributed by atoms with E-state index in [9.17, 15) is 9.59 Å². The van der Waals surface area contributed by atoms with Crippen LogP contribution >= 0.6 is 0 Å². The lowest BCUT2D eigenvalue weighted by Gasteiger charge is -2.27. The molecule has 0 radical (unpaired) electrons. The SMILES string of the molecule is Cc1noc(C)c1C(=O)OCC(=O)N1N=C2/C(=C\c3ccco3)CCCC2C1c1ccco1. The van der Waals surface area contributed by atoms with Gasteiger partial charge in [0.25, 0.3) is 5.91 Å². The van der Waals surface area contributed by atoms with Crippen molar-refractivity contribution in [1.82, 2.24) is 10.2 Å². The molecule has 2 unspecified atom stereocenters. The highest BCUT2D eigenvalue weighted by Crippen LogP contribution is 2.44. The van der Waals surface area contributed by atoms with Crippen molar-refractivity contribution < 1.29 is 27.7 Å². The topological polar surface area (TPSA) is 111 Å². The zero-order valence-electron chi connectivity index (χ0n) is 18.3. The molecule has 3 aromatic heterocycles. The number of fused-ring (bicyclic) bond motifs is 1. The molecule has 5 rings (SSSR count). The molecule has 1 aliphatic carbocycles. The first-order chi connectivity index (χ1) is 16.0. The zero-order valence-corrected chi connectivity index (χ0v) is 18.3. The Hall–Kier alpha value is -3.88. The second-order valence-corrected chi connectivity index (χ2v) is 8.14. The van der Waals surface area contributed by atoms with Gasteiger partial charge in [-0.3, -0.25) is 4.79 Å². The molecule has 1 aliphatic heterocycles. The van der Waals surface area contributed by atoms with E-state index in [4.69, 9.17) is 23.2 Å². The molecule has 9 nitrogen and oxygen atoms in total. The van der Waals surface area contributed by atoms with Crippen LogP contribution in [-0.4, -0.2) is 34.4 Å². The number of aromatic nitrogens is 1. The lowest BCUT2D eigenvalue weighted by Crippen LogP contribution is -2.34. The van der Waals surface area contributed by atoms with E-state index in [1.807, 2.05) is 24.3 Å². The van der Waals surface area contributed by atoms with Crippen LogP contribution in [0.15, 0.2) is 60.8 Å². The molecule has 0 bridgehead atoms. The molecule has 1 amide bonds. The number of carbonyl (C=O) groups excluding carboxylic acids is 2. The normalized spacial score (nSPS) is 21.2. The number of ether oxygens (including phenoxy) is 1. The molecule has 0 N–H and O–H groups in total. The van der Waals surface area contributed by atoms with Gasteiger partial charge < -0.3 is 18.1 Å². The maximum atomic E-state index is 13.2. The van der Waals surface area contributed by atoms with E-state index >= 15 is 0 Å². The predicted octanol–water partition coefficient (Wildman–Crippen LogP) is 4.46. The van der Waals surface area contributed by atoms with E-state index in [0.717, 1.165) is 36.3 Å². The highest BCUT2D eigenvalue weighted by molar-refractivity contribution is 6.08. The van der Waals surface area contributed by atoms with Gasteiger partial charge in [-0.15, -0.1) is 0 Å². The van der Waals surface area contributed by atoms with Crippen molar-refractivity contribution in [2.24, 2.45) is 11.0 Å². The Kier molecular flexibility index (Phi) is 5.45. The van der Waals surface area contributed by atoms with Crippen molar-refractivity contribution >= 4 is 23.7 Å². The molecule has 0 aromatic carbocycles. The van der Waals surface area contributed by atoms with Gasteiger partial charge in [-0.2, -0.15) is 5.10 Å². The van der Waals surface area contributed by atoms with Crippen LogP contribution in [0.3, 0.4) is 0 Å². The van der Waals surface area contributed by atoms with E-state index in [-0.39, 0.29) is 11.5 Å². The third-order valence-electron chi connectivity index (χ3n) is 6.02. The van der Waals surface area contributed by atoms with Gasteiger partial charge in [-0.25, -0.2) is 9.80 Å². The van der Waals surface area contributed by atoms with Crippen molar-refractivity contribution in [2.45, 2.75) is 39.2 Å². The van der Waals surface area contributed by atoms with Crippen molar-refractivity contribution in [3.63, 3.8) is 0 Å². The van der Waals surface area contributed by atoms with Crippen LogP contribution in [-0.2, 0) is 9.53 Å². The minimum Gasteiger partial charge on any atom is -0.467 e. The molecule has 1 saturated carbocycles. The summed E-state index contributed by atoms with van der Waals surface area (Å²) in [4.78, 5) is 25.7. The van der Waals surface area contributed by atoms with Crippen LogP contribution < -0.4 is 0 Å². The van der Waals surface area contributed by atoms with Gasteiger partial charge in [0, 0.05) is 5.92 Å². The van der Waals surface area contributed by atoms with E-state index < -0.39 is 24.5 Å². The number of allylic oxidation sites excluding steroid dienone is 1. The molecule has 3 aromatic rings. The molecule has 4 heterocycles. The Bertz CT molecular complexity index is 1200. The fraction of sp³-hybridized carbons (Fsp3) is 0.333. The fourth-order valence-corrected chi connectivity index (χ4v) is 4.53. The second kappa shape index (κ2) is 8.57. The van der Waals surface area contributed by atoms with Gasteiger partial charge >= 0.3 is 5.97 Å². The first-order valence-electron chi connectivity index (χ1n) is 10.8. The summed E-state index contributed by atoms with van der Waals surface area (Å²) < 4.78 is 21.5. The lowest BCUT2D eigenvalue weighted by atomic mass is 9.79. The van der Waals surface area contributed by atoms with E-state index in [0.29, 0.717) is 17.2 Å². The van der Waals surface area contributed by atoms with Gasteiger partial charge in [0.15, 0.2) is 6.61 Å². The number of aryl methyl sites for hydroxylation is 2. The van der Waals surface area contributed by atoms with Gasteiger partial charge in [-0.05, 0) is 69.0 Å². The summed E-state index contributed by atoms with van der Waals surface area (Å²) in [5, 5.41) is 9.84. The third kappa shape index (κ3) is 3.90. The first kappa shape index (κ1) is 21.0. The summed E-state index contributed by atoms with van der Waals surface area (Å²) in [6, 6.07) is 6.94. The average Bonchev–Trinajstić information content (AvgIpc) is 3.59. The second-order valence-electron chi connectivity index (χ2n) is 8.14. The molecule has 0 spiro atoms. The summed E-state index contributed by atoms with van der Waals surface area (Å²) in [5.74, 6) is 0.615. The smallest absolute Gasteiger partial charge is 0.344 e. The van der Waals surface area contributed by atoms with Crippen LogP contribution in [0.1, 0.15) is 58.6 Å². The largest absolute Gasteiger partial charge is 0.467 e. The van der Waals surface area contributed by atoms with Gasteiger partial charge in [0.05, 0.1) is 23.9 Å². The molecular formula is C24H23N3O6. The maximum Gasteiger partial charge on any atom is 0.344 e. The number of hydrogen-bond acceptors (Lipinski definition) is 8. The minimum absolute atomic E-state index is 0.0201. The average molecular weight is 449 g/mol. The standard InChI is InChI=1S/C24H23N3O6/c1-14-21(15(2)33-26-14)24(29)32-13-20(28)27-23(19-9-5-11-31-19)18-8-3-6-16(22(18)25-27)12-17-7-4-10-30-17/h4-5,7,9-12,18,23H,3,6,8,13H2,1-2H3/b16-12-. The summed E-state index contributed by atoms with van der Waals surface area (Å²) >= 11 is 0. The number of rotatable bonds is 5. The van der Waals surface area contributed by atoms with E-state index in [1.165, 1.54) is 5.01 Å². The molecular weight excluding hydrogens is 426 g/mol. The summed E-state index contributed by atoms with van der Waals surface area (Å²) in [5.41, 5.74) is 2.51. The number of nitrogens with zero attached hydrogens (tertiary/aromatic N) is 3. The fourth-order valence-electron chi connectivity index (χ4n) is 4.53. The van der Waals surface area contributed by atoms with Gasteiger partial charge in [0.1, 0.15) is 28.9 Å². The Labute approximate surface area is 189 Å². The van der Waals surface area contributed by atoms with Crippen molar-refractivity contribution in [3.8, 4) is 0 Å². The molecule has 170 valence electrons. The van der Waals surface area contributed by atoms with E-state index in [1.54, 1.807) is 32.4 Å². The number of esters is 1. The number of carbonyl (C=O) groups is 2. The Morgan fingerprint density at radius 2 is 2.03 bits per heavy atom. The predicted molar refractivity (Wildman–Crippen MR) is 116 cm³/mol. The first-order valence-corrected chi connectivity index (χ1v) is 10.8. The highest BCUT2D eigenvalue weighted by Gasteiger charge is 2.45. The molecule has 2 atom stereocenters. The quantitative estimate of drug-likeness (QED) is 0.529. The van der Waals surface area contributed by atoms with Crippen LogP contribution in [0, 0.1) is 19.8 Å². The molecule has 0 saturated heterocycles. The number of hydrogen-bond donors (Lipinski definition) is 0. The number of furan rings is 2. The maximum absolute atomic E-state index is 13.2. The Morgan fingerprint density at radius 1 is 1.21 bits per heavy atom. The zero-order chi connectivity index (χ0) is 22.9. The van der Waals surface area contributed by atoms with Crippen LogP contribution in [0.2, 0.25) is 0 Å². The van der Waals surface area contributed by atoms with Gasteiger partial charge in [0.2, 0.25) is 0 Å². The van der Waals surface area contributed by atoms with Crippen LogP contribution in [0.25, 0.3) is 6.08 Å². The minimum atomic E-state index is -0.656.